The molecule has 4 aromatic rings. The van der Waals surface area contributed by atoms with E-state index in [9.17, 15) is 9.18 Å². The fourth-order valence-electron chi connectivity index (χ4n) is 2.89. The second-order valence-corrected chi connectivity index (χ2v) is 8.85. The van der Waals surface area contributed by atoms with Crippen molar-refractivity contribution in [2.75, 3.05) is 0 Å². The molecule has 0 amide bonds. The van der Waals surface area contributed by atoms with Gasteiger partial charge in [0.2, 0.25) is 4.96 Å². The van der Waals surface area contributed by atoms with Gasteiger partial charge >= 0.3 is 0 Å². The topological polar surface area (TPSA) is 47.3 Å². The van der Waals surface area contributed by atoms with Crippen LogP contribution in [0, 0.1) is 5.82 Å². The van der Waals surface area contributed by atoms with Crippen LogP contribution in [0.25, 0.3) is 23.2 Å². The van der Waals surface area contributed by atoms with Crippen LogP contribution in [0.5, 0.6) is 0 Å². The Morgan fingerprint density at radius 2 is 1.62 bits per heavy atom. The second kappa shape index (κ2) is 7.37. The Kier molecular flexibility index (Phi) is 4.88. The molecule has 0 saturated carbocycles. The van der Waals surface area contributed by atoms with E-state index in [4.69, 9.17) is 0 Å². The van der Waals surface area contributed by atoms with Crippen LogP contribution in [0.2, 0.25) is 0 Å². The molecule has 2 aromatic carbocycles. The summed E-state index contributed by atoms with van der Waals surface area (Å²) in [6, 6.07) is 14.3. The van der Waals surface area contributed by atoms with Gasteiger partial charge in [-0.05, 0) is 46.4 Å². The number of hydrogen-bond acceptors (Lipinski definition) is 4. The van der Waals surface area contributed by atoms with Crippen molar-refractivity contribution in [2.24, 2.45) is 0 Å². The standard InChI is InChI=1S/C23H20FN3OS/c1-23(2,3)17-9-4-16(5-10-17)14-19-21(28)27-22(29-19)25-20(26-27)13-8-15-6-11-18(24)12-7-15/h4-14H,1-3H3/b13-8+,19-14+. The normalized spacial score (nSPS) is 13.0. The lowest BCUT2D eigenvalue weighted by atomic mass is 9.87. The molecule has 0 radical (unpaired) electrons. The number of benzene rings is 2. The van der Waals surface area contributed by atoms with Gasteiger partial charge in [-0.25, -0.2) is 4.39 Å². The van der Waals surface area contributed by atoms with E-state index in [1.807, 2.05) is 18.2 Å². The summed E-state index contributed by atoms with van der Waals surface area (Å²) in [5.74, 6) is 0.161. The Morgan fingerprint density at radius 3 is 2.24 bits per heavy atom. The van der Waals surface area contributed by atoms with Gasteiger partial charge in [-0.2, -0.15) is 9.50 Å². The molecule has 29 heavy (non-hydrogen) atoms. The second-order valence-electron chi connectivity index (χ2n) is 7.84. The molecule has 0 saturated heterocycles. The first-order valence-corrected chi connectivity index (χ1v) is 10.1. The molecule has 0 aliphatic carbocycles. The molecule has 0 spiro atoms. The molecule has 2 heterocycles. The third-order valence-corrected chi connectivity index (χ3v) is 5.53. The number of halogens is 1. The summed E-state index contributed by atoms with van der Waals surface area (Å²) in [5, 5.41) is 4.28. The van der Waals surface area contributed by atoms with Crippen molar-refractivity contribution in [1.29, 1.82) is 0 Å². The van der Waals surface area contributed by atoms with E-state index in [1.54, 1.807) is 24.3 Å². The van der Waals surface area contributed by atoms with E-state index in [-0.39, 0.29) is 16.8 Å². The van der Waals surface area contributed by atoms with E-state index >= 15 is 0 Å². The molecule has 4 nitrogen and oxygen atoms in total. The lowest BCUT2D eigenvalue weighted by molar-refractivity contribution is 0.590. The molecule has 2 aromatic heterocycles. The third kappa shape index (κ3) is 4.17. The molecule has 6 heteroatoms. The van der Waals surface area contributed by atoms with Gasteiger partial charge in [-0.15, -0.1) is 5.10 Å². The number of rotatable bonds is 3. The van der Waals surface area contributed by atoms with Crippen molar-refractivity contribution in [3.05, 3.63) is 91.7 Å². The van der Waals surface area contributed by atoms with Gasteiger partial charge in [0.25, 0.3) is 5.56 Å². The maximum absolute atomic E-state index is 13.0. The van der Waals surface area contributed by atoms with E-state index in [2.05, 4.69) is 43.0 Å². The average molecular weight is 405 g/mol. The maximum Gasteiger partial charge on any atom is 0.291 e. The van der Waals surface area contributed by atoms with Crippen LogP contribution in [0.4, 0.5) is 4.39 Å². The molecule has 0 aliphatic heterocycles. The van der Waals surface area contributed by atoms with Crippen LogP contribution in [0.1, 0.15) is 43.3 Å². The van der Waals surface area contributed by atoms with Crippen molar-refractivity contribution >= 4 is 34.5 Å². The van der Waals surface area contributed by atoms with Crippen molar-refractivity contribution in [3.63, 3.8) is 0 Å². The van der Waals surface area contributed by atoms with Crippen LogP contribution in [-0.2, 0) is 5.41 Å². The Balaban J connectivity index is 1.62. The Hall–Kier alpha value is -3.12. The van der Waals surface area contributed by atoms with Gasteiger partial charge in [0.15, 0.2) is 5.82 Å². The van der Waals surface area contributed by atoms with Crippen LogP contribution < -0.4 is 10.1 Å². The first-order valence-electron chi connectivity index (χ1n) is 9.25. The fraction of sp³-hybridized carbons (Fsp3) is 0.174. The van der Waals surface area contributed by atoms with E-state index < -0.39 is 0 Å². The minimum atomic E-state index is -0.282. The van der Waals surface area contributed by atoms with Gasteiger partial charge in [0.05, 0.1) is 4.53 Å². The highest BCUT2D eigenvalue weighted by molar-refractivity contribution is 7.15. The van der Waals surface area contributed by atoms with E-state index in [1.165, 1.54) is 33.5 Å². The molecule has 146 valence electrons. The molecule has 0 N–H and O–H groups in total. The highest BCUT2D eigenvalue weighted by Crippen LogP contribution is 2.22. The molecule has 0 aliphatic rings. The molecule has 0 unspecified atom stereocenters. The molecule has 0 fully saturated rings. The fourth-order valence-corrected chi connectivity index (χ4v) is 3.81. The third-order valence-electron chi connectivity index (χ3n) is 4.57. The lowest BCUT2D eigenvalue weighted by Gasteiger charge is -2.18. The predicted octanol–water partition coefficient (Wildman–Crippen LogP) is 4.31. The first-order chi connectivity index (χ1) is 13.8. The summed E-state index contributed by atoms with van der Waals surface area (Å²) in [5.41, 5.74) is 2.96. The summed E-state index contributed by atoms with van der Waals surface area (Å²) >= 11 is 1.31. The minimum absolute atomic E-state index is 0.0909. The largest absolute Gasteiger partial charge is 0.291 e. The summed E-state index contributed by atoms with van der Waals surface area (Å²) in [7, 11) is 0. The van der Waals surface area contributed by atoms with Crippen molar-refractivity contribution in [2.45, 2.75) is 26.2 Å². The molecule has 0 bridgehead atoms. The lowest BCUT2D eigenvalue weighted by Crippen LogP contribution is -2.23. The van der Waals surface area contributed by atoms with Crippen molar-refractivity contribution in [1.82, 2.24) is 14.6 Å². The zero-order valence-corrected chi connectivity index (χ0v) is 17.2. The summed E-state index contributed by atoms with van der Waals surface area (Å²) in [6.07, 6.45) is 5.36. The smallest absolute Gasteiger partial charge is 0.266 e. The number of nitrogens with zero attached hydrogens (tertiary/aromatic N) is 3. The van der Waals surface area contributed by atoms with Crippen molar-refractivity contribution in [3.8, 4) is 0 Å². The highest BCUT2D eigenvalue weighted by Gasteiger charge is 2.13. The number of hydrogen-bond donors (Lipinski definition) is 0. The average Bonchev–Trinajstić information content (AvgIpc) is 3.20. The molecular formula is C23H20FN3OS. The number of aromatic nitrogens is 3. The van der Waals surface area contributed by atoms with Gasteiger partial charge < -0.3 is 0 Å². The highest BCUT2D eigenvalue weighted by atomic mass is 32.1. The molecule has 0 atom stereocenters. The summed E-state index contributed by atoms with van der Waals surface area (Å²) in [6.45, 7) is 6.51. The first kappa shape index (κ1) is 19.2. The monoisotopic (exact) mass is 405 g/mol. The predicted molar refractivity (Wildman–Crippen MR) is 116 cm³/mol. The molecular weight excluding hydrogens is 385 g/mol. The zero-order chi connectivity index (χ0) is 20.6. The number of thiazole rings is 1. The quantitative estimate of drug-likeness (QED) is 0.510. The van der Waals surface area contributed by atoms with Crippen LogP contribution >= 0.6 is 11.3 Å². The Bertz CT molecular complexity index is 1290. The van der Waals surface area contributed by atoms with Crippen molar-refractivity contribution < 1.29 is 4.39 Å². The summed E-state index contributed by atoms with van der Waals surface area (Å²) < 4.78 is 14.9. The molecule has 4 rings (SSSR count). The van der Waals surface area contributed by atoms with Gasteiger partial charge in [0, 0.05) is 0 Å². The summed E-state index contributed by atoms with van der Waals surface area (Å²) in [4.78, 5) is 17.6. The Labute approximate surface area is 171 Å². The minimum Gasteiger partial charge on any atom is -0.266 e. The van der Waals surface area contributed by atoms with Crippen LogP contribution in [-0.4, -0.2) is 14.6 Å². The van der Waals surface area contributed by atoms with Gasteiger partial charge in [-0.1, -0.05) is 74.6 Å². The Morgan fingerprint density at radius 1 is 0.966 bits per heavy atom. The van der Waals surface area contributed by atoms with E-state index in [0.717, 1.165) is 11.1 Å². The number of fused-ring (bicyclic) bond motifs is 1. The zero-order valence-electron chi connectivity index (χ0n) is 16.4. The van der Waals surface area contributed by atoms with Crippen LogP contribution in [0.3, 0.4) is 0 Å². The van der Waals surface area contributed by atoms with Gasteiger partial charge in [0.1, 0.15) is 5.82 Å². The maximum atomic E-state index is 13.0. The van der Waals surface area contributed by atoms with Crippen LogP contribution in [0.15, 0.2) is 53.3 Å². The SMILES string of the molecule is CC(C)(C)c1ccc(/C=c2/sc3nc(/C=C/c4ccc(F)cc4)nn3c2=O)cc1. The van der Waals surface area contributed by atoms with Gasteiger partial charge in [-0.3, -0.25) is 4.79 Å². The van der Waals surface area contributed by atoms with E-state index in [0.29, 0.717) is 15.3 Å².